The number of nitrogens with zero attached hydrogens (tertiary/aromatic N) is 2. The number of carbonyl (C=O) groups excluding carboxylic acids is 1. The van der Waals surface area contributed by atoms with Crippen LogP contribution in [0.5, 0.6) is 0 Å². The summed E-state index contributed by atoms with van der Waals surface area (Å²) >= 11 is 0. The molecule has 5 nitrogen and oxygen atoms in total. The Morgan fingerprint density at radius 3 is 2.42 bits per heavy atom. The lowest BCUT2D eigenvalue weighted by Gasteiger charge is -2.13. The number of fused-ring (bicyclic) bond motifs is 3. The van der Waals surface area contributed by atoms with Crippen molar-refractivity contribution in [2.45, 2.75) is 26.8 Å². The predicted octanol–water partition coefficient (Wildman–Crippen LogP) is 7.39. The highest BCUT2D eigenvalue weighted by Crippen LogP contribution is 2.30. The van der Waals surface area contributed by atoms with Crippen LogP contribution in [0.25, 0.3) is 27.9 Å². The maximum Gasteiger partial charge on any atom is 0.294 e. The topological polar surface area (TPSA) is 55.6 Å². The molecule has 0 aliphatic rings. The molecule has 5 rings (SSSR count). The number of amidine groups is 1. The molecule has 0 amide bonds. The second kappa shape index (κ2) is 11.6. The van der Waals surface area contributed by atoms with Gasteiger partial charge < -0.3 is 14.6 Å². The third kappa shape index (κ3) is 5.52. The van der Waals surface area contributed by atoms with Gasteiger partial charge in [0.15, 0.2) is 12.0 Å². The first-order valence-electron chi connectivity index (χ1n) is 12.9. The number of hydrogen-bond acceptors (Lipinski definition) is 3. The van der Waals surface area contributed by atoms with E-state index in [9.17, 15) is 4.79 Å². The van der Waals surface area contributed by atoms with E-state index in [-0.39, 0.29) is 11.8 Å². The van der Waals surface area contributed by atoms with Crippen LogP contribution in [0.15, 0.2) is 108 Å². The zero-order chi connectivity index (χ0) is 26.3. The van der Waals surface area contributed by atoms with E-state index in [1.54, 1.807) is 6.08 Å². The number of hydrogen-bond donors (Lipinski definition) is 1. The van der Waals surface area contributed by atoms with Gasteiger partial charge in [-0.3, -0.25) is 4.79 Å². The van der Waals surface area contributed by atoms with Crippen LogP contribution in [0.3, 0.4) is 0 Å². The monoisotopic (exact) mass is 501 g/mol. The van der Waals surface area contributed by atoms with Crippen LogP contribution in [0.1, 0.15) is 23.6 Å². The van der Waals surface area contributed by atoms with Gasteiger partial charge in [-0.1, -0.05) is 72.8 Å². The van der Waals surface area contributed by atoms with E-state index in [1.165, 1.54) is 22.0 Å². The summed E-state index contributed by atoms with van der Waals surface area (Å²) in [4.78, 5) is 16.8. The molecule has 0 bridgehead atoms. The first kappa shape index (κ1) is 25.0. The SMILES string of the molecule is CCn1c2ccccc2c2cc(/C=C(\C=O)OC(=NCCc3ccccc3)Nc3ccccc3C)ccc21. The van der Waals surface area contributed by atoms with Crippen LogP contribution in [0.4, 0.5) is 5.69 Å². The van der Waals surface area contributed by atoms with E-state index in [0.717, 1.165) is 41.5 Å². The molecule has 1 heterocycles. The summed E-state index contributed by atoms with van der Waals surface area (Å²) in [5, 5.41) is 5.62. The Kier molecular flexibility index (Phi) is 7.65. The standard InChI is InChI=1S/C33H31N3O2/c1-3-36-31-16-10-8-14-28(31)29-22-26(17-18-32(29)36)21-27(23-37)38-33(35-30-15-9-7-11-24(30)2)34-20-19-25-12-5-4-6-13-25/h4-18,21-23H,3,19-20H2,1-2H3,(H,34,35)/b27-21+. The molecular weight excluding hydrogens is 470 g/mol. The minimum atomic E-state index is 0.183. The number of aryl methyl sites for hydroxylation is 2. The molecule has 5 heteroatoms. The van der Waals surface area contributed by atoms with Crippen molar-refractivity contribution < 1.29 is 9.53 Å². The number of benzene rings is 4. The highest BCUT2D eigenvalue weighted by atomic mass is 16.5. The summed E-state index contributed by atoms with van der Waals surface area (Å²) in [6, 6.07) is 33.0. The fraction of sp³-hybridized carbons (Fsp3) is 0.152. The molecule has 0 saturated carbocycles. The number of allylic oxidation sites excluding steroid dienone is 1. The van der Waals surface area contributed by atoms with Gasteiger partial charge in [-0.15, -0.1) is 0 Å². The van der Waals surface area contributed by atoms with Crippen molar-refractivity contribution in [3.63, 3.8) is 0 Å². The fourth-order valence-corrected chi connectivity index (χ4v) is 4.72. The molecule has 0 spiro atoms. The lowest BCUT2D eigenvalue weighted by atomic mass is 10.1. The minimum Gasteiger partial charge on any atom is -0.422 e. The van der Waals surface area contributed by atoms with Crippen LogP contribution in [0, 0.1) is 6.92 Å². The molecule has 0 aliphatic heterocycles. The summed E-state index contributed by atoms with van der Waals surface area (Å²) in [5.74, 6) is 0.183. The summed E-state index contributed by atoms with van der Waals surface area (Å²) in [6.45, 7) is 5.57. The first-order valence-corrected chi connectivity index (χ1v) is 12.9. The molecule has 38 heavy (non-hydrogen) atoms. The van der Waals surface area contributed by atoms with Gasteiger partial charge in [0.1, 0.15) is 0 Å². The van der Waals surface area contributed by atoms with Crippen LogP contribution >= 0.6 is 0 Å². The Balaban J connectivity index is 1.44. The van der Waals surface area contributed by atoms with Gasteiger partial charge in [0.2, 0.25) is 0 Å². The lowest BCUT2D eigenvalue weighted by molar-refractivity contribution is -0.106. The Morgan fingerprint density at radius 2 is 1.63 bits per heavy atom. The molecule has 190 valence electrons. The number of aliphatic imine (C=N–C) groups is 1. The average Bonchev–Trinajstić information content (AvgIpc) is 3.27. The van der Waals surface area contributed by atoms with Crippen molar-refractivity contribution in [2.24, 2.45) is 4.99 Å². The molecule has 0 saturated heterocycles. The summed E-state index contributed by atoms with van der Waals surface area (Å²) in [6.07, 6.45) is 3.25. The van der Waals surface area contributed by atoms with E-state index in [1.807, 2.05) is 55.5 Å². The maximum atomic E-state index is 12.1. The van der Waals surface area contributed by atoms with E-state index >= 15 is 0 Å². The number of para-hydroxylation sites is 2. The van der Waals surface area contributed by atoms with Crippen LogP contribution in [0.2, 0.25) is 0 Å². The molecule has 0 radical (unpaired) electrons. The smallest absolute Gasteiger partial charge is 0.294 e. The van der Waals surface area contributed by atoms with Crippen molar-refractivity contribution in [3.05, 3.63) is 120 Å². The van der Waals surface area contributed by atoms with Gasteiger partial charge in [0, 0.05) is 40.6 Å². The Labute approximate surface area is 223 Å². The van der Waals surface area contributed by atoms with Crippen molar-refractivity contribution >= 4 is 45.9 Å². The third-order valence-electron chi connectivity index (χ3n) is 6.64. The van der Waals surface area contributed by atoms with Gasteiger partial charge in [-0.25, -0.2) is 4.99 Å². The average molecular weight is 502 g/mol. The minimum absolute atomic E-state index is 0.183. The van der Waals surface area contributed by atoms with Crippen molar-refractivity contribution in [1.29, 1.82) is 0 Å². The van der Waals surface area contributed by atoms with Crippen LogP contribution in [-0.2, 0) is 22.5 Å². The van der Waals surface area contributed by atoms with Gasteiger partial charge in [0.05, 0.1) is 0 Å². The van der Waals surface area contributed by atoms with Crippen LogP contribution < -0.4 is 5.32 Å². The molecular formula is C33H31N3O2. The Morgan fingerprint density at radius 1 is 0.895 bits per heavy atom. The van der Waals surface area contributed by atoms with E-state index in [0.29, 0.717) is 6.54 Å². The summed E-state index contributed by atoms with van der Waals surface area (Å²) in [7, 11) is 0. The highest BCUT2D eigenvalue weighted by Gasteiger charge is 2.11. The normalized spacial score (nSPS) is 12.2. The predicted molar refractivity (Wildman–Crippen MR) is 157 cm³/mol. The Hall–Kier alpha value is -4.64. The zero-order valence-corrected chi connectivity index (χ0v) is 21.7. The molecule has 0 unspecified atom stereocenters. The van der Waals surface area contributed by atoms with Gasteiger partial charge in [0.25, 0.3) is 6.02 Å². The van der Waals surface area contributed by atoms with Crippen LogP contribution in [-0.4, -0.2) is 23.4 Å². The number of aromatic nitrogens is 1. The molecule has 1 aromatic heterocycles. The third-order valence-corrected chi connectivity index (χ3v) is 6.64. The second-order valence-corrected chi connectivity index (χ2v) is 9.17. The molecule has 0 fully saturated rings. The van der Waals surface area contributed by atoms with Gasteiger partial charge in [-0.05, 0) is 67.3 Å². The summed E-state index contributed by atoms with van der Waals surface area (Å²) in [5.41, 5.74) is 6.39. The molecule has 1 N–H and O–H groups in total. The lowest BCUT2D eigenvalue weighted by Crippen LogP contribution is -2.18. The zero-order valence-electron chi connectivity index (χ0n) is 21.7. The second-order valence-electron chi connectivity index (χ2n) is 9.17. The highest BCUT2D eigenvalue weighted by molar-refractivity contribution is 6.08. The largest absolute Gasteiger partial charge is 0.422 e. The molecule has 0 aliphatic carbocycles. The number of anilines is 1. The van der Waals surface area contributed by atoms with E-state index < -0.39 is 0 Å². The number of aldehydes is 1. The Bertz CT molecular complexity index is 1630. The fourth-order valence-electron chi connectivity index (χ4n) is 4.72. The maximum absolute atomic E-state index is 12.1. The van der Waals surface area contributed by atoms with Crippen molar-refractivity contribution in [2.75, 3.05) is 11.9 Å². The van der Waals surface area contributed by atoms with E-state index in [2.05, 4.69) is 70.3 Å². The van der Waals surface area contributed by atoms with Crippen molar-refractivity contribution in [1.82, 2.24) is 4.57 Å². The number of ether oxygens (including phenoxy) is 1. The number of rotatable bonds is 8. The first-order chi connectivity index (χ1) is 18.7. The quantitative estimate of drug-likeness (QED) is 0.0793. The van der Waals surface area contributed by atoms with Crippen molar-refractivity contribution in [3.8, 4) is 0 Å². The number of carbonyl (C=O) groups is 1. The molecule has 4 aromatic carbocycles. The van der Waals surface area contributed by atoms with E-state index in [4.69, 9.17) is 4.74 Å². The summed E-state index contributed by atoms with van der Waals surface area (Å²) < 4.78 is 8.36. The molecule has 0 atom stereocenters. The number of nitrogens with one attached hydrogen (secondary N) is 1. The van der Waals surface area contributed by atoms with Gasteiger partial charge >= 0.3 is 0 Å². The van der Waals surface area contributed by atoms with Gasteiger partial charge in [-0.2, -0.15) is 0 Å². The molecule has 5 aromatic rings.